The topological polar surface area (TPSA) is 88.4 Å². The second kappa shape index (κ2) is 6.96. The van der Waals surface area contributed by atoms with Crippen LogP contribution in [0.4, 0.5) is 22.4 Å². The summed E-state index contributed by atoms with van der Waals surface area (Å²) < 4.78 is 64.5. The first-order valence-electron chi connectivity index (χ1n) is 9.54. The van der Waals surface area contributed by atoms with E-state index >= 15 is 0 Å². The summed E-state index contributed by atoms with van der Waals surface area (Å²) in [7, 11) is 0. The van der Waals surface area contributed by atoms with E-state index in [9.17, 15) is 27.2 Å². The van der Waals surface area contributed by atoms with Crippen LogP contribution in [0.5, 0.6) is 0 Å². The van der Waals surface area contributed by atoms with Crippen molar-refractivity contribution in [2.24, 2.45) is 0 Å². The fraction of sp³-hybridized carbons (Fsp3) is 0.450. The first kappa shape index (κ1) is 21.1. The highest BCUT2D eigenvalue weighted by molar-refractivity contribution is 6.00. The Kier molecular flexibility index (Phi) is 4.74. The van der Waals surface area contributed by atoms with E-state index in [0.29, 0.717) is 13.0 Å². The van der Waals surface area contributed by atoms with Crippen LogP contribution in [0.1, 0.15) is 44.7 Å². The quantitative estimate of drug-likeness (QED) is 0.560. The van der Waals surface area contributed by atoms with E-state index in [1.807, 2.05) is 4.98 Å². The maximum absolute atomic E-state index is 14.3. The Morgan fingerprint density at radius 3 is 2.65 bits per heavy atom. The molecular formula is C20H19F4N3O4. The fourth-order valence-corrected chi connectivity index (χ4v) is 3.56. The number of ether oxygens (including phenoxy) is 1. The molecule has 1 unspecified atom stereocenters. The number of hydrogen-bond acceptors (Lipinski definition) is 5. The van der Waals surface area contributed by atoms with Gasteiger partial charge in [-0.3, -0.25) is 4.79 Å². The van der Waals surface area contributed by atoms with E-state index in [1.54, 1.807) is 20.8 Å². The third-order valence-electron chi connectivity index (χ3n) is 4.94. The molecule has 0 aliphatic carbocycles. The highest BCUT2D eigenvalue weighted by atomic mass is 19.4. The summed E-state index contributed by atoms with van der Waals surface area (Å²) in [5, 5.41) is -0.212. The van der Waals surface area contributed by atoms with Crippen molar-refractivity contribution in [3.63, 3.8) is 0 Å². The molecule has 0 saturated carbocycles. The van der Waals surface area contributed by atoms with Crippen molar-refractivity contribution in [2.75, 3.05) is 13.1 Å². The molecule has 1 aromatic carbocycles. The number of fused-ring (bicyclic) bond motifs is 3. The number of aromatic amines is 1. The molecule has 1 saturated heterocycles. The maximum Gasteiger partial charge on any atom is 0.449 e. The van der Waals surface area contributed by atoms with Gasteiger partial charge in [-0.15, -0.1) is 0 Å². The highest BCUT2D eigenvalue weighted by Gasteiger charge is 2.36. The van der Waals surface area contributed by atoms with E-state index in [2.05, 4.69) is 4.98 Å². The largest absolute Gasteiger partial charge is 0.458 e. The first-order chi connectivity index (χ1) is 14.3. The van der Waals surface area contributed by atoms with Crippen molar-refractivity contribution in [1.82, 2.24) is 14.9 Å². The molecule has 3 heterocycles. The molecule has 1 N–H and O–H groups in total. The van der Waals surface area contributed by atoms with E-state index < -0.39 is 46.0 Å². The number of imidazole rings is 1. The third-order valence-corrected chi connectivity index (χ3v) is 4.94. The molecule has 2 aromatic heterocycles. The summed E-state index contributed by atoms with van der Waals surface area (Å²) in [6.07, 6.45) is -4.87. The molecule has 11 heteroatoms. The van der Waals surface area contributed by atoms with Crippen LogP contribution in [0.2, 0.25) is 0 Å². The molecule has 4 rings (SSSR count). The van der Waals surface area contributed by atoms with Gasteiger partial charge in [0.25, 0.3) is 0 Å². The van der Waals surface area contributed by atoms with Crippen molar-refractivity contribution >= 4 is 28.1 Å². The number of hydrogen-bond donors (Lipinski definition) is 1. The third kappa shape index (κ3) is 3.96. The summed E-state index contributed by atoms with van der Waals surface area (Å²) in [5.41, 5.74) is -2.42. The number of nitrogens with one attached hydrogen (secondary N) is 1. The van der Waals surface area contributed by atoms with Crippen LogP contribution in [0.25, 0.3) is 22.0 Å². The average Bonchev–Trinajstić information content (AvgIpc) is 3.29. The minimum atomic E-state index is -4.82. The van der Waals surface area contributed by atoms with Crippen LogP contribution >= 0.6 is 0 Å². The standard InChI is InChI=1S/C20H19F4N3O4/c1-19(2,3)31-18(29)27-5-4-9(8-27)13-7-12(28)10-6-11(21)14-15(16(10)30-13)26-17(25-14)20(22,23)24/h6-7,9H,4-5,8H2,1-3H3,(H,25,26). The first-order valence-corrected chi connectivity index (χ1v) is 9.54. The molecule has 1 aliphatic rings. The molecule has 3 aromatic rings. The van der Waals surface area contributed by atoms with Gasteiger partial charge in [0.15, 0.2) is 11.0 Å². The normalized spacial score (nSPS) is 17.6. The Bertz CT molecular complexity index is 1240. The van der Waals surface area contributed by atoms with Gasteiger partial charge < -0.3 is 19.0 Å². The van der Waals surface area contributed by atoms with Crippen molar-refractivity contribution in [2.45, 2.75) is 44.9 Å². The molecule has 1 atom stereocenters. The van der Waals surface area contributed by atoms with Gasteiger partial charge in [0, 0.05) is 25.1 Å². The lowest BCUT2D eigenvalue weighted by atomic mass is 10.0. The summed E-state index contributed by atoms with van der Waals surface area (Å²) in [6.45, 7) is 5.79. The van der Waals surface area contributed by atoms with Crippen molar-refractivity contribution in [1.29, 1.82) is 0 Å². The number of benzene rings is 1. The van der Waals surface area contributed by atoms with Gasteiger partial charge in [0.2, 0.25) is 5.82 Å². The Morgan fingerprint density at radius 2 is 2.00 bits per heavy atom. The summed E-state index contributed by atoms with van der Waals surface area (Å²) in [6, 6.07) is 2.00. The number of amides is 1. The van der Waals surface area contributed by atoms with Gasteiger partial charge in [-0.2, -0.15) is 13.2 Å². The lowest BCUT2D eigenvalue weighted by Crippen LogP contribution is -2.35. The van der Waals surface area contributed by atoms with Crippen LogP contribution in [-0.2, 0) is 10.9 Å². The molecule has 166 valence electrons. The second-order valence-electron chi connectivity index (χ2n) is 8.47. The van der Waals surface area contributed by atoms with Gasteiger partial charge in [-0.25, -0.2) is 14.2 Å². The predicted octanol–water partition coefficient (Wildman–Crippen LogP) is 4.55. The number of likely N-dealkylation sites (tertiary alicyclic amines) is 1. The molecule has 0 bridgehead atoms. The molecule has 1 fully saturated rings. The zero-order chi connectivity index (χ0) is 22.7. The van der Waals surface area contributed by atoms with Crippen LogP contribution in [0.3, 0.4) is 0 Å². The van der Waals surface area contributed by atoms with Crippen molar-refractivity contribution < 1.29 is 31.5 Å². The Labute approximate surface area is 173 Å². The van der Waals surface area contributed by atoms with Crippen LogP contribution in [-0.4, -0.2) is 39.7 Å². The Balaban J connectivity index is 1.74. The molecule has 0 radical (unpaired) electrons. The maximum atomic E-state index is 14.3. The minimum Gasteiger partial charge on any atom is -0.458 e. The van der Waals surface area contributed by atoms with Crippen molar-refractivity contribution in [3.8, 4) is 0 Å². The summed E-state index contributed by atoms with van der Waals surface area (Å²) >= 11 is 0. The number of carbonyl (C=O) groups excluding carboxylic acids is 1. The van der Waals surface area contributed by atoms with E-state index in [-0.39, 0.29) is 29.2 Å². The van der Waals surface area contributed by atoms with Crippen LogP contribution < -0.4 is 5.43 Å². The number of alkyl halides is 3. The van der Waals surface area contributed by atoms with Gasteiger partial charge in [0.1, 0.15) is 28.2 Å². The Hall–Kier alpha value is -3.11. The van der Waals surface area contributed by atoms with E-state index in [4.69, 9.17) is 9.15 Å². The van der Waals surface area contributed by atoms with Gasteiger partial charge in [0.05, 0.1) is 5.39 Å². The number of nitrogens with zero attached hydrogens (tertiary/aromatic N) is 2. The monoisotopic (exact) mass is 441 g/mol. The molecule has 31 heavy (non-hydrogen) atoms. The van der Waals surface area contributed by atoms with Crippen LogP contribution in [0, 0.1) is 5.82 Å². The summed E-state index contributed by atoms with van der Waals surface area (Å²) in [4.78, 5) is 31.6. The lowest BCUT2D eigenvalue weighted by Gasteiger charge is -2.24. The highest BCUT2D eigenvalue weighted by Crippen LogP contribution is 2.34. The second-order valence-corrected chi connectivity index (χ2v) is 8.47. The SMILES string of the molecule is CC(C)(C)OC(=O)N1CCC(c2cc(=O)c3cc(F)c4[nH]c(C(F)(F)F)nc4c3o2)C1. The average molecular weight is 441 g/mol. The van der Waals surface area contributed by atoms with Crippen molar-refractivity contribution in [3.05, 3.63) is 39.8 Å². The molecular weight excluding hydrogens is 422 g/mol. The van der Waals surface area contributed by atoms with E-state index in [1.165, 1.54) is 11.0 Å². The van der Waals surface area contributed by atoms with Gasteiger partial charge in [-0.05, 0) is 33.3 Å². The summed E-state index contributed by atoms with van der Waals surface area (Å²) in [5.74, 6) is -2.61. The number of carbonyl (C=O) groups is 1. The van der Waals surface area contributed by atoms with Crippen LogP contribution in [0.15, 0.2) is 21.3 Å². The fourth-order valence-electron chi connectivity index (χ4n) is 3.56. The number of aromatic nitrogens is 2. The van der Waals surface area contributed by atoms with E-state index in [0.717, 1.165) is 6.07 Å². The van der Waals surface area contributed by atoms with Gasteiger partial charge >= 0.3 is 12.3 Å². The molecule has 7 nitrogen and oxygen atoms in total. The molecule has 1 amide bonds. The molecule has 1 aliphatic heterocycles. The predicted molar refractivity (Wildman–Crippen MR) is 102 cm³/mol. The van der Waals surface area contributed by atoms with Gasteiger partial charge in [-0.1, -0.05) is 0 Å². The zero-order valence-corrected chi connectivity index (χ0v) is 16.9. The number of H-pyrrole nitrogens is 1. The minimum absolute atomic E-state index is 0.188. The number of halogens is 4. The number of rotatable bonds is 1. The molecule has 0 spiro atoms. The Morgan fingerprint density at radius 1 is 1.29 bits per heavy atom. The zero-order valence-electron chi connectivity index (χ0n) is 16.9. The lowest BCUT2D eigenvalue weighted by molar-refractivity contribution is -0.144. The smallest absolute Gasteiger partial charge is 0.449 e.